The topological polar surface area (TPSA) is 87.6 Å². The van der Waals surface area contributed by atoms with E-state index in [-0.39, 0.29) is 13.1 Å². The van der Waals surface area contributed by atoms with Gasteiger partial charge in [-0.25, -0.2) is 8.42 Å². The van der Waals surface area contributed by atoms with E-state index in [1.165, 1.54) is 13.8 Å². The minimum atomic E-state index is -4.72. The highest BCUT2D eigenvalue weighted by Gasteiger charge is 2.34. The van der Waals surface area contributed by atoms with Crippen LogP contribution in [0.5, 0.6) is 0 Å². The number of alkyl halides is 3. The Morgan fingerprint density at radius 1 is 1.41 bits per heavy atom. The molecule has 6 nitrogen and oxygen atoms in total. The summed E-state index contributed by atoms with van der Waals surface area (Å²) in [5, 5.41) is 8.83. The Bertz CT molecular complexity index is 646. The molecule has 0 radical (unpaired) electrons. The number of halogens is 3. The monoisotopic (exact) mass is 340 g/mol. The molecule has 0 amide bonds. The van der Waals surface area contributed by atoms with Crippen molar-refractivity contribution in [2.45, 2.75) is 24.9 Å². The summed E-state index contributed by atoms with van der Waals surface area (Å²) < 4.78 is 63.3. The maximum absolute atomic E-state index is 12.6. The van der Waals surface area contributed by atoms with Gasteiger partial charge in [-0.05, 0) is 6.07 Å². The third kappa shape index (κ3) is 4.17. The van der Waals surface area contributed by atoms with Gasteiger partial charge in [-0.2, -0.15) is 17.5 Å². The number of aliphatic carboxylic acids is 1. The van der Waals surface area contributed by atoms with E-state index in [4.69, 9.17) is 5.11 Å². The summed E-state index contributed by atoms with van der Waals surface area (Å²) in [6.07, 6.45) is -3.39. The highest BCUT2D eigenvalue weighted by Crippen LogP contribution is 2.30. The van der Waals surface area contributed by atoms with Gasteiger partial charge < -0.3 is 5.11 Å². The zero-order chi connectivity index (χ0) is 17.1. The number of pyridine rings is 1. The number of nitrogens with zero attached hydrogens (tertiary/aromatic N) is 2. The van der Waals surface area contributed by atoms with Crippen LogP contribution in [0, 0.1) is 5.92 Å². The molecule has 1 aromatic heterocycles. The molecular weight excluding hydrogens is 325 g/mol. The van der Waals surface area contributed by atoms with Crippen molar-refractivity contribution in [1.29, 1.82) is 0 Å². The molecule has 0 aliphatic heterocycles. The quantitative estimate of drug-likeness (QED) is 0.854. The molecule has 0 aliphatic rings. The average Bonchev–Trinajstić information content (AvgIpc) is 2.43. The SMILES string of the molecule is CCN(CC(C)C(=O)O)S(=O)(=O)c1cncc(C(F)(F)F)c1. The molecule has 10 heteroatoms. The maximum atomic E-state index is 12.6. The van der Waals surface area contributed by atoms with Crippen LogP contribution in [-0.4, -0.2) is 41.9 Å². The van der Waals surface area contributed by atoms with Gasteiger partial charge >= 0.3 is 12.1 Å². The zero-order valence-corrected chi connectivity index (χ0v) is 12.6. The Morgan fingerprint density at radius 3 is 2.45 bits per heavy atom. The van der Waals surface area contributed by atoms with Crippen molar-refractivity contribution in [3.63, 3.8) is 0 Å². The number of aromatic nitrogens is 1. The van der Waals surface area contributed by atoms with Crippen LogP contribution in [0.4, 0.5) is 13.2 Å². The van der Waals surface area contributed by atoms with Crippen molar-refractivity contribution < 1.29 is 31.5 Å². The van der Waals surface area contributed by atoms with Crippen LogP contribution in [-0.2, 0) is 21.0 Å². The Kier molecular flexibility index (Phi) is 5.52. The highest BCUT2D eigenvalue weighted by atomic mass is 32.2. The largest absolute Gasteiger partial charge is 0.481 e. The highest BCUT2D eigenvalue weighted by molar-refractivity contribution is 7.89. The third-order valence-electron chi connectivity index (χ3n) is 2.93. The molecule has 22 heavy (non-hydrogen) atoms. The first-order valence-corrected chi connectivity index (χ1v) is 7.69. The summed E-state index contributed by atoms with van der Waals surface area (Å²) in [4.78, 5) is 13.5. The van der Waals surface area contributed by atoms with Gasteiger partial charge in [0, 0.05) is 25.5 Å². The molecule has 0 saturated carbocycles. The van der Waals surface area contributed by atoms with Gasteiger partial charge in [-0.3, -0.25) is 9.78 Å². The number of carboxylic acids is 1. The second-order valence-electron chi connectivity index (χ2n) is 4.60. The predicted molar refractivity (Wildman–Crippen MR) is 70.5 cm³/mol. The van der Waals surface area contributed by atoms with Gasteiger partial charge in [-0.1, -0.05) is 13.8 Å². The van der Waals surface area contributed by atoms with Gasteiger partial charge in [0.05, 0.1) is 11.5 Å². The van der Waals surface area contributed by atoms with Crippen LogP contribution in [0.1, 0.15) is 19.4 Å². The molecular formula is C12H15F3N2O4S. The van der Waals surface area contributed by atoms with E-state index in [2.05, 4.69) is 4.98 Å². The number of hydrogen-bond acceptors (Lipinski definition) is 4. The van der Waals surface area contributed by atoms with Gasteiger partial charge in [0.15, 0.2) is 0 Å². The number of carbonyl (C=O) groups is 1. The average molecular weight is 340 g/mol. The summed E-state index contributed by atoms with van der Waals surface area (Å²) in [6.45, 7) is 2.36. The fourth-order valence-electron chi connectivity index (χ4n) is 1.64. The first-order valence-electron chi connectivity index (χ1n) is 6.25. The lowest BCUT2D eigenvalue weighted by atomic mass is 10.2. The summed E-state index contributed by atoms with van der Waals surface area (Å²) in [7, 11) is -4.26. The van der Waals surface area contributed by atoms with Crippen LogP contribution in [0.2, 0.25) is 0 Å². The molecule has 1 heterocycles. The minimum Gasteiger partial charge on any atom is -0.481 e. The fourth-order valence-corrected chi connectivity index (χ4v) is 3.17. The summed E-state index contributed by atoms with van der Waals surface area (Å²) in [6, 6.07) is 0.483. The zero-order valence-electron chi connectivity index (χ0n) is 11.8. The van der Waals surface area contributed by atoms with Gasteiger partial charge in [-0.15, -0.1) is 0 Å². The molecule has 0 bridgehead atoms. The molecule has 0 aromatic carbocycles. The standard InChI is InChI=1S/C12H15F3N2O4S/c1-3-17(7-8(2)11(18)19)22(20,21)10-4-9(5-16-6-10)12(13,14)15/h4-6,8H,3,7H2,1-2H3,(H,18,19). The van der Waals surface area contributed by atoms with Crippen LogP contribution in [0.25, 0.3) is 0 Å². The van der Waals surface area contributed by atoms with Crippen molar-refractivity contribution in [2.75, 3.05) is 13.1 Å². The number of carboxylic acid groups (broad SMARTS) is 1. The third-order valence-corrected chi connectivity index (χ3v) is 4.84. The van der Waals surface area contributed by atoms with E-state index in [1.807, 2.05) is 0 Å². The van der Waals surface area contributed by atoms with Crippen LogP contribution < -0.4 is 0 Å². The molecule has 1 rings (SSSR count). The lowest BCUT2D eigenvalue weighted by molar-refractivity contribution is -0.141. The Morgan fingerprint density at radius 2 is 2.00 bits per heavy atom. The van der Waals surface area contributed by atoms with Crippen molar-refractivity contribution >= 4 is 16.0 Å². The van der Waals surface area contributed by atoms with Crippen molar-refractivity contribution in [1.82, 2.24) is 9.29 Å². The molecule has 0 saturated heterocycles. The van der Waals surface area contributed by atoms with E-state index >= 15 is 0 Å². The van der Waals surface area contributed by atoms with Crippen molar-refractivity contribution in [3.8, 4) is 0 Å². The van der Waals surface area contributed by atoms with Crippen LogP contribution >= 0.6 is 0 Å². The van der Waals surface area contributed by atoms with Crippen LogP contribution in [0.3, 0.4) is 0 Å². The number of rotatable bonds is 6. The van der Waals surface area contributed by atoms with E-state index in [0.29, 0.717) is 12.3 Å². The van der Waals surface area contributed by atoms with Crippen molar-refractivity contribution in [2.24, 2.45) is 5.92 Å². The van der Waals surface area contributed by atoms with Crippen molar-refractivity contribution in [3.05, 3.63) is 24.0 Å². The molecule has 1 N–H and O–H groups in total. The molecule has 1 unspecified atom stereocenters. The summed E-state index contributed by atoms with van der Waals surface area (Å²) >= 11 is 0. The fraction of sp³-hybridized carbons (Fsp3) is 0.500. The maximum Gasteiger partial charge on any atom is 0.417 e. The Hall–Kier alpha value is -1.68. The first kappa shape index (κ1) is 18.4. The van der Waals surface area contributed by atoms with Gasteiger partial charge in [0.25, 0.3) is 0 Å². The van der Waals surface area contributed by atoms with E-state index in [9.17, 15) is 26.4 Å². The second kappa shape index (κ2) is 6.61. The van der Waals surface area contributed by atoms with Gasteiger partial charge in [0.1, 0.15) is 4.90 Å². The Labute approximate surface area is 125 Å². The van der Waals surface area contributed by atoms with Crippen LogP contribution in [0.15, 0.2) is 23.4 Å². The molecule has 0 aliphatic carbocycles. The molecule has 0 fully saturated rings. The van der Waals surface area contributed by atoms with E-state index in [1.54, 1.807) is 0 Å². The van der Waals surface area contributed by atoms with Gasteiger partial charge in [0.2, 0.25) is 10.0 Å². The molecule has 124 valence electrons. The first-order chi connectivity index (χ1) is 10.00. The predicted octanol–water partition coefficient (Wildman–Crippen LogP) is 1.83. The normalized spacial score (nSPS) is 14.1. The van der Waals surface area contributed by atoms with E-state index < -0.39 is 38.5 Å². The number of sulfonamides is 1. The molecule has 1 aromatic rings. The smallest absolute Gasteiger partial charge is 0.417 e. The lowest BCUT2D eigenvalue weighted by Crippen LogP contribution is -2.36. The number of hydrogen-bond donors (Lipinski definition) is 1. The second-order valence-corrected chi connectivity index (χ2v) is 6.54. The minimum absolute atomic E-state index is 0.0732. The molecule has 0 spiro atoms. The lowest BCUT2D eigenvalue weighted by Gasteiger charge is -2.22. The summed E-state index contributed by atoms with van der Waals surface area (Å²) in [5.74, 6) is -2.19. The molecule has 1 atom stereocenters. The van der Waals surface area contributed by atoms with E-state index in [0.717, 1.165) is 10.5 Å². The summed E-state index contributed by atoms with van der Waals surface area (Å²) in [5.41, 5.74) is -1.18. The Balaban J connectivity index is 3.19.